The van der Waals surface area contributed by atoms with Crippen molar-refractivity contribution in [1.82, 2.24) is 13.9 Å². The molecule has 0 unspecified atom stereocenters. The van der Waals surface area contributed by atoms with Crippen LogP contribution < -0.4 is 10.1 Å². The summed E-state index contributed by atoms with van der Waals surface area (Å²) in [4.78, 5) is 38.4. The Bertz CT molecular complexity index is 1570. The Labute approximate surface area is 257 Å². The van der Waals surface area contributed by atoms with Crippen molar-refractivity contribution in [2.75, 3.05) is 13.7 Å². The van der Waals surface area contributed by atoms with Crippen molar-refractivity contribution in [2.24, 2.45) is 0 Å². The van der Waals surface area contributed by atoms with Crippen LogP contribution in [0.1, 0.15) is 43.0 Å². The molecule has 234 valence electrons. The number of amides is 2. The summed E-state index contributed by atoms with van der Waals surface area (Å²) < 4.78 is 44.6. The Kier molecular flexibility index (Phi) is 10.3. The number of ether oxygens (including phenoxy) is 3. The molecule has 1 heterocycles. The Balaban J connectivity index is 1.46. The number of rotatable bonds is 11. The van der Waals surface area contributed by atoms with Crippen LogP contribution in [0.5, 0.6) is 5.75 Å². The molecule has 0 aliphatic carbocycles. The molecule has 0 radical (unpaired) electrons. The van der Waals surface area contributed by atoms with Crippen molar-refractivity contribution in [3.05, 3.63) is 101 Å². The van der Waals surface area contributed by atoms with Gasteiger partial charge >= 0.3 is 22.3 Å². The molecular formula is C32H37N3O8S. The molecule has 3 aromatic rings. The van der Waals surface area contributed by atoms with Gasteiger partial charge in [0.25, 0.3) is 5.91 Å². The Morgan fingerprint density at radius 2 is 1.55 bits per heavy atom. The normalized spacial score (nSPS) is 15.5. The maximum atomic E-state index is 13.3. The summed E-state index contributed by atoms with van der Waals surface area (Å²) in [5, 5.41) is 2.60. The Hall–Kier alpha value is -4.42. The van der Waals surface area contributed by atoms with E-state index < -0.39 is 39.8 Å². The number of nitrogens with one attached hydrogen (secondary N) is 1. The van der Waals surface area contributed by atoms with E-state index in [4.69, 9.17) is 14.2 Å². The lowest BCUT2D eigenvalue weighted by Gasteiger charge is -2.23. The van der Waals surface area contributed by atoms with E-state index in [9.17, 15) is 22.8 Å². The molecule has 1 aliphatic heterocycles. The van der Waals surface area contributed by atoms with Crippen molar-refractivity contribution >= 4 is 28.2 Å². The maximum Gasteiger partial charge on any atom is 0.408 e. The number of hydrogen-bond donors (Lipinski definition) is 1. The van der Waals surface area contributed by atoms with Gasteiger partial charge in [-0.25, -0.2) is 13.9 Å². The molecule has 44 heavy (non-hydrogen) atoms. The van der Waals surface area contributed by atoms with Gasteiger partial charge < -0.3 is 19.5 Å². The number of carbonyl (C=O) groups excluding carboxylic acids is 3. The molecule has 4 rings (SSSR count). The number of benzene rings is 3. The minimum atomic E-state index is -4.07. The van der Waals surface area contributed by atoms with Gasteiger partial charge in [-0.15, -0.1) is 0 Å². The van der Waals surface area contributed by atoms with Crippen LogP contribution in [-0.2, 0) is 55.4 Å². The van der Waals surface area contributed by atoms with Gasteiger partial charge in [-0.2, -0.15) is 12.7 Å². The molecule has 1 N–H and O–H groups in total. The van der Waals surface area contributed by atoms with E-state index >= 15 is 0 Å². The topological polar surface area (TPSA) is 132 Å². The van der Waals surface area contributed by atoms with Gasteiger partial charge in [0, 0.05) is 13.0 Å². The molecule has 0 saturated carbocycles. The molecular weight excluding hydrogens is 586 g/mol. The lowest BCUT2D eigenvalue weighted by Crippen LogP contribution is -2.45. The minimum absolute atomic E-state index is 0.0279. The number of carbonyl (C=O) groups is 3. The highest BCUT2D eigenvalue weighted by Gasteiger charge is 2.42. The fraction of sp³-hybridized carbons (Fsp3) is 0.344. The van der Waals surface area contributed by atoms with Crippen molar-refractivity contribution < 1.29 is 37.0 Å². The molecule has 0 aromatic heterocycles. The van der Waals surface area contributed by atoms with Gasteiger partial charge in [0.05, 0.1) is 20.2 Å². The smallest absolute Gasteiger partial charge is 0.408 e. The summed E-state index contributed by atoms with van der Waals surface area (Å²) in [5.74, 6) is -0.550. The predicted octanol–water partition coefficient (Wildman–Crippen LogP) is 3.96. The number of hydrogen-bond acceptors (Lipinski definition) is 8. The molecule has 0 bridgehead atoms. The molecule has 1 aliphatic rings. The van der Waals surface area contributed by atoms with Crippen molar-refractivity contribution in [3.8, 4) is 5.75 Å². The van der Waals surface area contributed by atoms with E-state index in [1.165, 1.54) is 7.11 Å². The van der Waals surface area contributed by atoms with Gasteiger partial charge in [-0.05, 0) is 55.2 Å². The minimum Gasteiger partial charge on any atom is -0.497 e. The SMILES string of the molecule is COc1ccc(CN2C(=O)CN(Cc3cccc(C[C@H](NC(=O)OC(C)(C)C)C(=O)OCc4ccccc4)c3)S2(=O)=O)cc1. The third-order valence-corrected chi connectivity index (χ3v) is 8.47. The van der Waals surface area contributed by atoms with Crippen LogP contribution in [0.3, 0.4) is 0 Å². The molecule has 1 atom stereocenters. The first kappa shape index (κ1) is 32.5. The van der Waals surface area contributed by atoms with Crippen LogP contribution in [0.25, 0.3) is 0 Å². The highest BCUT2D eigenvalue weighted by Crippen LogP contribution is 2.24. The second-order valence-corrected chi connectivity index (χ2v) is 13.2. The number of methoxy groups -OCH3 is 1. The standard InChI is InChI=1S/C32H37N3O8S/c1-32(2,3)43-31(38)33-28(30(37)42-22-24-9-6-5-7-10-24)18-25-11-8-12-26(17-25)19-34-21-29(36)35(44(34,39)40)20-23-13-15-27(41-4)16-14-23/h5-17,28H,18-22H2,1-4H3,(H,33,38)/t28-/m0/s1. The van der Waals surface area contributed by atoms with Gasteiger partial charge in [-0.1, -0.05) is 66.7 Å². The van der Waals surface area contributed by atoms with Crippen LogP contribution >= 0.6 is 0 Å². The average Bonchev–Trinajstić information content (AvgIpc) is 3.18. The Morgan fingerprint density at radius 1 is 0.886 bits per heavy atom. The van der Waals surface area contributed by atoms with E-state index in [1.54, 1.807) is 69.3 Å². The van der Waals surface area contributed by atoms with E-state index in [0.717, 1.165) is 14.2 Å². The van der Waals surface area contributed by atoms with E-state index in [1.807, 2.05) is 30.3 Å². The third-order valence-electron chi connectivity index (χ3n) is 6.67. The second kappa shape index (κ2) is 13.9. The molecule has 3 aromatic carbocycles. The fourth-order valence-electron chi connectivity index (χ4n) is 4.55. The number of nitrogens with zero attached hydrogens (tertiary/aromatic N) is 2. The van der Waals surface area contributed by atoms with Crippen LogP contribution in [-0.4, -0.2) is 60.3 Å². The summed E-state index contributed by atoms with van der Waals surface area (Å²) in [5.41, 5.74) is 1.93. The zero-order valence-corrected chi connectivity index (χ0v) is 26.0. The number of alkyl carbamates (subject to hydrolysis) is 1. The van der Waals surface area contributed by atoms with Crippen molar-refractivity contribution in [3.63, 3.8) is 0 Å². The second-order valence-electron chi connectivity index (χ2n) is 11.3. The molecule has 1 saturated heterocycles. The molecule has 2 amide bonds. The molecule has 0 spiro atoms. The summed E-state index contributed by atoms with van der Waals surface area (Å²) in [6, 6.07) is 21.9. The predicted molar refractivity (Wildman–Crippen MR) is 162 cm³/mol. The van der Waals surface area contributed by atoms with Crippen molar-refractivity contribution in [1.29, 1.82) is 0 Å². The highest BCUT2D eigenvalue weighted by atomic mass is 32.2. The highest BCUT2D eigenvalue weighted by molar-refractivity contribution is 7.87. The molecule has 11 nitrogen and oxygen atoms in total. The zero-order chi connectivity index (χ0) is 31.9. The summed E-state index contributed by atoms with van der Waals surface area (Å²) >= 11 is 0. The van der Waals surface area contributed by atoms with Crippen LogP contribution in [0, 0.1) is 0 Å². The molecule has 1 fully saturated rings. The first-order valence-corrected chi connectivity index (χ1v) is 15.5. The lowest BCUT2D eigenvalue weighted by atomic mass is 10.0. The summed E-state index contributed by atoms with van der Waals surface area (Å²) in [7, 11) is -2.53. The maximum absolute atomic E-state index is 13.3. The van der Waals surface area contributed by atoms with E-state index in [0.29, 0.717) is 22.4 Å². The van der Waals surface area contributed by atoms with Gasteiger partial charge in [0.2, 0.25) is 0 Å². The quantitative estimate of drug-likeness (QED) is 0.318. The Morgan fingerprint density at radius 3 is 2.20 bits per heavy atom. The van der Waals surface area contributed by atoms with Gasteiger partial charge in [0.1, 0.15) is 24.0 Å². The van der Waals surface area contributed by atoms with E-state index in [-0.39, 0.29) is 32.7 Å². The third kappa shape index (κ3) is 8.80. The van der Waals surface area contributed by atoms with E-state index in [2.05, 4.69) is 5.32 Å². The largest absolute Gasteiger partial charge is 0.497 e. The monoisotopic (exact) mass is 623 g/mol. The van der Waals surface area contributed by atoms with Crippen LogP contribution in [0.15, 0.2) is 78.9 Å². The zero-order valence-electron chi connectivity index (χ0n) is 25.2. The lowest BCUT2D eigenvalue weighted by molar-refractivity contribution is -0.147. The summed E-state index contributed by atoms with van der Waals surface area (Å²) in [6.45, 7) is 4.74. The van der Waals surface area contributed by atoms with Gasteiger partial charge in [0.15, 0.2) is 0 Å². The van der Waals surface area contributed by atoms with Crippen LogP contribution in [0.4, 0.5) is 4.79 Å². The fourth-order valence-corrected chi connectivity index (χ4v) is 6.04. The first-order chi connectivity index (χ1) is 20.8. The van der Waals surface area contributed by atoms with Gasteiger partial charge in [-0.3, -0.25) is 4.79 Å². The van der Waals surface area contributed by atoms with Crippen molar-refractivity contribution in [2.45, 2.75) is 58.5 Å². The number of esters is 1. The molecule has 12 heteroatoms. The summed E-state index contributed by atoms with van der Waals surface area (Å²) in [6.07, 6.45) is -0.704. The first-order valence-electron chi connectivity index (χ1n) is 14.1. The van der Waals surface area contributed by atoms with Crippen LogP contribution in [0.2, 0.25) is 0 Å². The average molecular weight is 624 g/mol.